The van der Waals surface area contributed by atoms with Gasteiger partial charge in [0.2, 0.25) is 0 Å². The normalized spacial score (nSPS) is 10.5. The average Bonchev–Trinajstić information content (AvgIpc) is 2.42. The van der Waals surface area contributed by atoms with Gasteiger partial charge in [-0.15, -0.1) is 0 Å². The standard InChI is InChI=1S/C15H13ClFIN2O/c1-20(8-9-6-11(19)3-5-13(9)16)15(21)12-4-2-10(17)7-14(12)18/h2-7H,8,19H2,1H3. The Labute approximate surface area is 141 Å². The summed E-state index contributed by atoms with van der Waals surface area (Å²) in [5.74, 6) is -0.560. The number of halogens is 3. The fraction of sp³-hybridized carbons (Fsp3) is 0.133. The van der Waals surface area contributed by atoms with Crippen molar-refractivity contribution in [3.63, 3.8) is 0 Å². The third-order valence-corrected chi connectivity index (χ3v) is 4.25. The third kappa shape index (κ3) is 3.85. The van der Waals surface area contributed by atoms with Gasteiger partial charge in [0.1, 0.15) is 5.82 Å². The number of amides is 1. The molecule has 0 aliphatic heterocycles. The van der Waals surface area contributed by atoms with Gasteiger partial charge in [0, 0.05) is 27.9 Å². The molecule has 2 aromatic carbocycles. The van der Waals surface area contributed by atoms with Gasteiger partial charge in [-0.25, -0.2) is 4.39 Å². The second-order valence-corrected chi connectivity index (χ2v) is 6.21. The number of nitrogens with two attached hydrogens (primary N) is 1. The summed E-state index contributed by atoms with van der Waals surface area (Å²) < 4.78 is 13.7. The van der Waals surface area contributed by atoms with Crippen LogP contribution in [0.5, 0.6) is 0 Å². The van der Waals surface area contributed by atoms with Gasteiger partial charge in [-0.2, -0.15) is 0 Å². The van der Waals surface area contributed by atoms with E-state index in [2.05, 4.69) is 0 Å². The molecule has 0 atom stereocenters. The van der Waals surface area contributed by atoms with Crippen molar-refractivity contribution in [1.29, 1.82) is 0 Å². The van der Waals surface area contributed by atoms with Crippen LogP contribution in [0.2, 0.25) is 5.02 Å². The predicted molar refractivity (Wildman–Crippen MR) is 90.8 cm³/mol. The second kappa shape index (κ2) is 6.62. The molecule has 0 fully saturated rings. The SMILES string of the molecule is CN(Cc1cc(N)ccc1Cl)C(=O)c1ccc(F)cc1I. The van der Waals surface area contributed by atoms with Crippen LogP contribution in [0.3, 0.4) is 0 Å². The van der Waals surface area contributed by atoms with Crippen LogP contribution in [0, 0.1) is 9.39 Å². The molecule has 0 heterocycles. The first-order valence-corrected chi connectivity index (χ1v) is 7.58. The molecule has 0 aromatic heterocycles. The van der Waals surface area contributed by atoms with Gasteiger partial charge in [0.25, 0.3) is 5.91 Å². The number of nitrogens with zero attached hydrogens (tertiary/aromatic N) is 1. The van der Waals surface area contributed by atoms with Gasteiger partial charge in [0.05, 0.1) is 5.56 Å². The van der Waals surface area contributed by atoms with E-state index in [0.717, 1.165) is 5.56 Å². The van der Waals surface area contributed by atoms with E-state index in [-0.39, 0.29) is 11.7 Å². The minimum atomic E-state index is -0.363. The lowest BCUT2D eigenvalue weighted by molar-refractivity contribution is 0.0784. The molecule has 110 valence electrons. The van der Waals surface area contributed by atoms with E-state index in [1.807, 2.05) is 22.6 Å². The van der Waals surface area contributed by atoms with E-state index in [0.29, 0.717) is 26.4 Å². The van der Waals surface area contributed by atoms with Gasteiger partial charge in [-0.3, -0.25) is 4.79 Å². The predicted octanol–water partition coefficient (Wildman–Crippen LogP) is 3.94. The smallest absolute Gasteiger partial charge is 0.254 e. The zero-order chi connectivity index (χ0) is 15.6. The number of rotatable bonds is 3. The fourth-order valence-electron chi connectivity index (χ4n) is 1.91. The van der Waals surface area contributed by atoms with E-state index >= 15 is 0 Å². The molecule has 6 heteroatoms. The van der Waals surface area contributed by atoms with Crippen molar-refractivity contribution < 1.29 is 9.18 Å². The molecule has 0 aliphatic carbocycles. The highest BCUT2D eigenvalue weighted by Crippen LogP contribution is 2.22. The minimum absolute atomic E-state index is 0.196. The second-order valence-electron chi connectivity index (χ2n) is 4.64. The molecule has 0 saturated heterocycles. The summed E-state index contributed by atoms with van der Waals surface area (Å²) in [5.41, 5.74) is 7.54. The molecule has 0 spiro atoms. The maximum atomic E-state index is 13.1. The van der Waals surface area contributed by atoms with Gasteiger partial charge in [0.15, 0.2) is 0 Å². The molecule has 2 aromatic rings. The zero-order valence-electron chi connectivity index (χ0n) is 11.2. The third-order valence-electron chi connectivity index (χ3n) is 2.99. The van der Waals surface area contributed by atoms with Crippen LogP contribution in [0.4, 0.5) is 10.1 Å². The van der Waals surface area contributed by atoms with E-state index in [9.17, 15) is 9.18 Å². The maximum Gasteiger partial charge on any atom is 0.254 e. The van der Waals surface area contributed by atoms with Crippen LogP contribution in [0.1, 0.15) is 15.9 Å². The van der Waals surface area contributed by atoms with Crippen molar-refractivity contribution in [2.45, 2.75) is 6.54 Å². The van der Waals surface area contributed by atoms with Crippen LogP contribution in [0.25, 0.3) is 0 Å². The summed E-state index contributed by atoms with van der Waals surface area (Å²) >= 11 is 8.04. The first kappa shape index (κ1) is 16.0. The fourth-order valence-corrected chi connectivity index (χ4v) is 2.80. The Balaban J connectivity index is 2.21. The number of benzene rings is 2. The Morgan fingerprint density at radius 2 is 2.05 bits per heavy atom. The summed E-state index contributed by atoms with van der Waals surface area (Å²) in [6, 6.07) is 9.23. The highest BCUT2D eigenvalue weighted by atomic mass is 127. The lowest BCUT2D eigenvalue weighted by Crippen LogP contribution is -2.27. The van der Waals surface area contributed by atoms with E-state index in [1.165, 1.54) is 23.1 Å². The number of hydrogen-bond donors (Lipinski definition) is 1. The van der Waals surface area contributed by atoms with Gasteiger partial charge in [-0.05, 0) is 64.6 Å². The number of hydrogen-bond acceptors (Lipinski definition) is 2. The molecule has 3 nitrogen and oxygen atoms in total. The molecule has 21 heavy (non-hydrogen) atoms. The van der Waals surface area contributed by atoms with E-state index in [4.69, 9.17) is 17.3 Å². The molecule has 2 N–H and O–H groups in total. The molecule has 0 bridgehead atoms. The number of carbonyl (C=O) groups is 1. The van der Waals surface area contributed by atoms with Crippen LogP contribution in [-0.2, 0) is 6.54 Å². The number of nitrogen functional groups attached to an aromatic ring is 1. The van der Waals surface area contributed by atoms with Gasteiger partial charge in [-0.1, -0.05) is 11.6 Å². The highest BCUT2D eigenvalue weighted by molar-refractivity contribution is 14.1. The largest absolute Gasteiger partial charge is 0.399 e. The Hall–Kier alpha value is -1.34. The Bertz CT molecular complexity index is 693. The molecule has 0 saturated carbocycles. The molecule has 2 rings (SSSR count). The van der Waals surface area contributed by atoms with Crippen molar-refractivity contribution in [3.05, 3.63) is 61.9 Å². The van der Waals surface area contributed by atoms with Gasteiger partial charge >= 0.3 is 0 Å². The summed E-state index contributed by atoms with van der Waals surface area (Å²) in [6.45, 7) is 0.330. The quantitative estimate of drug-likeness (QED) is 0.606. The van der Waals surface area contributed by atoms with Crippen LogP contribution in [-0.4, -0.2) is 17.9 Å². The first-order valence-electron chi connectivity index (χ1n) is 6.13. The Kier molecular flexibility index (Phi) is 5.05. The molecular formula is C15H13ClFIN2O. The van der Waals surface area contributed by atoms with Crippen molar-refractivity contribution in [3.8, 4) is 0 Å². The monoisotopic (exact) mass is 418 g/mol. The van der Waals surface area contributed by atoms with Crippen molar-refractivity contribution in [2.24, 2.45) is 0 Å². The highest BCUT2D eigenvalue weighted by Gasteiger charge is 2.16. The van der Waals surface area contributed by atoms with Crippen LogP contribution in [0.15, 0.2) is 36.4 Å². The topological polar surface area (TPSA) is 46.3 Å². The maximum absolute atomic E-state index is 13.1. The van der Waals surface area contributed by atoms with E-state index < -0.39 is 0 Å². The average molecular weight is 419 g/mol. The van der Waals surface area contributed by atoms with E-state index in [1.54, 1.807) is 25.2 Å². The molecule has 1 amide bonds. The van der Waals surface area contributed by atoms with Crippen LogP contribution < -0.4 is 5.73 Å². The Morgan fingerprint density at radius 1 is 1.33 bits per heavy atom. The first-order chi connectivity index (χ1) is 9.88. The van der Waals surface area contributed by atoms with Crippen LogP contribution >= 0.6 is 34.2 Å². The molecule has 0 unspecified atom stereocenters. The number of carbonyl (C=O) groups excluding carboxylic acids is 1. The Morgan fingerprint density at radius 3 is 2.71 bits per heavy atom. The summed E-state index contributed by atoms with van der Waals surface area (Å²) in [7, 11) is 1.67. The zero-order valence-corrected chi connectivity index (χ0v) is 14.2. The van der Waals surface area contributed by atoms with Crippen molar-refractivity contribution in [2.75, 3.05) is 12.8 Å². The molecule has 0 radical (unpaired) electrons. The number of anilines is 1. The summed E-state index contributed by atoms with van der Waals surface area (Å²) in [4.78, 5) is 13.9. The van der Waals surface area contributed by atoms with Gasteiger partial charge < -0.3 is 10.6 Å². The lowest BCUT2D eigenvalue weighted by atomic mass is 10.1. The van der Waals surface area contributed by atoms with Crippen molar-refractivity contribution in [1.82, 2.24) is 4.90 Å². The summed E-state index contributed by atoms with van der Waals surface area (Å²) in [6.07, 6.45) is 0. The van der Waals surface area contributed by atoms with Crippen molar-refractivity contribution >= 4 is 45.8 Å². The minimum Gasteiger partial charge on any atom is -0.399 e. The summed E-state index contributed by atoms with van der Waals surface area (Å²) in [5, 5.41) is 0.553. The molecule has 0 aliphatic rings. The molecular weight excluding hydrogens is 406 g/mol. The lowest BCUT2D eigenvalue weighted by Gasteiger charge is -2.19.